The molecule has 4 heteroatoms. The molecule has 0 spiro atoms. The first-order valence-corrected chi connectivity index (χ1v) is 7.05. The molecular weight excluding hydrogens is 214 g/mol. The molecule has 3 fully saturated rings. The zero-order valence-corrected chi connectivity index (χ0v) is 10.5. The number of hydrogen-bond donors (Lipinski definition) is 1. The average Bonchev–Trinajstić information content (AvgIpc) is 2.72. The van der Waals surface area contributed by atoms with Gasteiger partial charge in [-0.15, -0.1) is 0 Å². The second kappa shape index (κ2) is 4.94. The van der Waals surface area contributed by atoms with Crippen LogP contribution in [0, 0.1) is 5.92 Å². The summed E-state index contributed by atoms with van der Waals surface area (Å²) in [6.45, 7) is 6.77. The third kappa shape index (κ3) is 2.47. The smallest absolute Gasteiger partial charge is 0.222 e. The van der Waals surface area contributed by atoms with Crippen molar-refractivity contribution in [2.24, 2.45) is 5.92 Å². The number of rotatable bonds is 2. The molecule has 3 aliphatic rings. The second-order valence-electron chi connectivity index (χ2n) is 5.75. The predicted molar refractivity (Wildman–Crippen MR) is 66.8 cm³/mol. The van der Waals surface area contributed by atoms with E-state index in [0.29, 0.717) is 11.9 Å². The van der Waals surface area contributed by atoms with Gasteiger partial charge in [0.1, 0.15) is 0 Å². The Morgan fingerprint density at radius 3 is 3.06 bits per heavy atom. The maximum Gasteiger partial charge on any atom is 0.222 e. The van der Waals surface area contributed by atoms with Crippen LogP contribution in [0.2, 0.25) is 0 Å². The molecule has 4 nitrogen and oxygen atoms in total. The molecule has 17 heavy (non-hydrogen) atoms. The molecule has 96 valence electrons. The number of carbonyl (C=O) groups excluding carboxylic acids is 1. The van der Waals surface area contributed by atoms with Gasteiger partial charge in [-0.1, -0.05) is 0 Å². The highest BCUT2D eigenvalue weighted by molar-refractivity contribution is 5.78. The maximum atomic E-state index is 11.6. The molecule has 0 saturated carbocycles. The van der Waals surface area contributed by atoms with Crippen LogP contribution in [0.1, 0.15) is 25.7 Å². The van der Waals surface area contributed by atoms with E-state index in [1.165, 1.54) is 32.5 Å². The van der Waals surface area contributed by atoms with E-state index < -0.39 is 0 Å². The normalized spacial score (nSPS) is 35.1. The van der Waals surface area contributed by atoms with Crippen molar-refractivity contribution in [3.8, 4) is 0 Å². The second-order valence-corrected chi connectivity index (χ2v) is 5.75. The monoisotopic (exact) mass is 237 g/mol. The summed E-state index contributed by atoms with van der Waals surface area (Å²) < 4.78 is 0. The number of piperidine rings is 1. The molecule has 3 heterocycles. The summed E-state index contributed by atoms with van der Waals surface area (Å²) in [6.07, 6.45) is 4.56. The summed E-state index contributed by atoms with van der Waals surface area (Å²) >= 11 is 0. The highest BCUT2D eigenvalue weighted by Gasteiger charge is 2.35. The number of fused-ring (bicyclic) bond motifs is 1. The Kier molecular flexibility index (Phi) is 3.34. The van der Waals surface area contributed by atoms with Crippen LogP contribution in [0.25, 0.3) is 0 Å². The Bertz CT molecular complexity index is 288. The Morgan fingerprint density at radius 2 is 2.24 bits per heavy atom. The molecule has 0 bridgehead atoms. The van der Waals surface area contributed by atoms with E-state index in [-0.39, 0.29) is 0 Å². The van der Waals surface area contributed by atoms with Crippen LogP contribution in [0.15, 0.2) is 0 Å². The van der Waals surface area contributed by atoms with E-state index >= 15 is 0 Å². The van der Waals surface area contributed by atoms with Gasteiger partial charge in [0.05, 0.1) is 0 Å². The molecule has 0 aromatic rings. The first-order chi connectivity index (χ1) is 8.33. The molecule has 3 rings (SSSR count). The van der Waals surface area contributed by atoms with Gasteiger partial charge in [-0.05, 0) is 38.3 Å². The Morgan fingerprint density at radius 1 is 1.29 bits per heavy atom. The lowest BCUT2D eigenvalue weighted by Crippen LogP contribution is -2.53. The molecule has 3 saturated heterocycles. The largest absolute Gasteiger partial charge is 0.337 e. The fraction of sp³-hybridized carbons (Fsp3) is 0.923. The number of carbonyl (C=O) groups is 1. The molecule has 1 amide bonds. The Labute approximate surface area is 103 Å². The molecular formula is C13H23N3O. The summed E-state index contributed by atoms with van der Waals surface area (Å²) in [5.74, 6) is 1.21. The van der Waals surface area contributed by atoms with Gasteiger partial charge in [0.25, 0.3) is 0 Å². The van der Waals surface area contributed by atoms with Crippen molar-refractivity contribution in [2.75, 3.05) is 39.3 Å². The number of hydrogen-bond acceptors (Lipinski definition) is 3. The predicted octanol–water partition coefficient (Wildman–Crippen LogP) is 0.293. The van der Waals surface area contributed by atoms with E-state index in [4.69, 9.17) is 0 Å². The summed E-state index contributed by atoms with van der Waals surface area (Å²) in [5, 5.41) is 3.49. The maximum absolute atomic E-state index is 11.6. The van der Waals surface area contributed by atoms with Gasteiger partial charge in [-0.25, -0.2) is 0 Å². The topological polar surface area (TPSA) is 35.6 Å². The zero-order chi connectivity index (χ0) is 11.7. The first kappa shape index (κ1) is 11.5. The van der Waals surface area contributed by atoms with Crippen LogP contribution in [-0.4, -0.2) is 61.0 Å². The van der Waals surface area contributed by atoms with E-state index in [2.05, 4.69) is 15.1 Å². The molecule has 0 aromatic carbocycles. The minimum absolute atomic E-state index is 0.383. The fourth-order valence-electron chi connectivity index (χ4n) is 3.54. The SMILES string of the molecule is O=C1CCC2CN(CC3CCCNC3)CCN12. The summed E-state index contributed by atoms with van der Waals surface area (Å²) in [6, 6.07) is 0.521. The number of nitrogens with zero attached hydrogens (tertiary/aromatic N) is 2. The van der Waals surface area contributed by atoms with Gasteiger partial charge in [-0.3, -0.25) is 9.69 Å². The van der Waals surface area contributed by atoms with E-state index in [1.807, 2.05) is 0 Å². The van der Waals surface area contributed by atoms with Crippen molar-refractivity contribution < 1.29 is 4.79 Å². The zero-order valence-electron chi connectivity index (χ0n) is 10.5. The van der Waals surface area contributed by atoms with Crippen molar-refractivity contribution in [1.82, 2.24) is 15.1 Å². The highest BCUT2D eigenvalue weighted by atomic mass is 16.2. The van der Waals surface area contributed by atoms with Gasteiger partial charge in [0.2, 0.25) is 5.91 Å². The third-order valence-electron chi connectivity index (χ3n) is 4.49. The van der Waals surface area contributed by atoms with Crippen molar-refractivity contribution in [3.05, 3.63) is 0 Å². The summed E-state index contributed by atoms with van der Waals surface area (Å²) in [4.78, 5) is 16.3. The van der Waals surface area contributed by atoms with Gasteiger partial charge < -0.3 is 10.2 Å². The highest BCUT2D eigenvalue weighted by Crippen LogP contribution is 2.23. The molecule has 0 radical (unpaired) electrons. The molecule has 2 unspecified atom stereocenters. The van der Waals surface area contributed by atoms with E-state index in [0.717, 1.165) is 38.4 Å². The lowest BCUT2D eigenvalue weighted by molar-refractivity contribution is -0.130. The third-order valence-corrected chi connectivity index (χ3v) is 4.49. The lowest BCUT2D eigenvalue weighted by atomic mass is 9.98. The number of nitrogens with one attached hydrogen (secondary N) is 1. The van der Waals surface area contributed by atoms with Crippen molar-refractivity contribution in [2.45, 2.75) is 31.7 Å². The van der Waals surface area contributed by atoms with Crippen LogP contribution >= 0.6 is 0 Å². The Hall–Kier alpha value is -0.610. The molecule has 0 aliphatic carbocycles. The summed E-state index contributed by atoms with van der Waals surface area (Å²) in [5.41, 5.74) is 0. The number of piperazine rings is 1. The standard InChI is InChI=1S/C13H23N3O/c17-13-4-3-12-10-15(6-7-16(12)13)9-11-2-1-5-14-8-11/h11-12,14H,1-10H2. The van der Waals surface area contributed by atoms with Crippen molar-refractivity contribution >= 4 is 5.91 Å². The van der Waals surface area contributed by atoms with Gasteiger partial charge in [0, 0.05) is 38.6 Å². The molecule has 2 atom stereocenters. The quantitative estimate of drug-likeness (QED) is 0.750. The molecule has 1 N–H and O–H groups in total. The van der Waals surface area contributed by atoms with E-state index in [1.54, 1.807) is 0 Å². The fourth-order valence-corrected chi connectivity index (χ4v) is 3.54. The van der Waals surface area contributed by atoms with Crippen LogP contribution in [0.4, 0.5) is 0 Å². The molecule has 0 aromatic heterocycles. The van der Waals surface area contributed by atoms with Crippen LogP contribution < -0.4 is 5.32 Å². The van der Waals surface area contributed by atoms with Crippen LogP contribution in [0.5, 0.6) is 0 Å². The van der Waals surface area contributed by atoms with Crippen LogP contribution in [-0.2, 0) is 4.79 Å². The van der Waals surface area contributed by atoms with Crippen molar-refractivity contribution in [1.29, 1.82) is 0 Å². The number of amides is 1. The Balaban J connectivity index is 1.51. The van der Waals surface area contributed by atoms with Gasteiger partial charge >= 0.3 is 0 Å². The van der Waals surface area contributed by atoms with E-state index in [9.17, 15) is 4.79 Å². The minimum Gasteiger partial charge on any atom is -0.337 e. The van der Waals surface area contributed by atoms with Crippen LogP contribution in [0.3, 0.4) is 0 Å². The first-order valence-electron chi connectivity index (χ1n) is 7.05. The average molecular weight is 237 g/mol. The minimum atomic E-state index is 0.383. The van der Waals surface area contributed by atoms with Crippen molar-refractivity contribution in [3.63, 3.8) is 0 Å². The van der Waals surface area contributed by atoms with Gasteiger partial charge in [0.15, 0.2) is 0 Å². The van der Waals surface area contributed by atoms with Gasteiger partial charge in [-0.2, -0.15) is 0 Å². The molecule has 3 aliphatic heterocycles. The summed E-state index contributed by atoms with van der Waals surface area (Å²) in [7, 11) is 0. The lowest BCUT2D eigenvalue weighted by Gasteiger charge is -2.39.